The van der Waals surface area contributed by atoms with Crippen molar-refractivity contribution in [2.24, 2.45) is 5.92 Å². The second kappa shape index (κ2) is 5.00. The summed E-state index contributed by atoms with van der Waals surface area (Å²) in [6, 6.07) is 0. The van der Waals surface area contributed by atoms with Gasteiger partial charge >= 0.3 is 0 Å². The number of imide groups is 1. The van der Waals surface area contributed by atoms with Gasteiger partial charge in [0.2, 0.25) is 11.8 Å². The molecule has 0 aromatic carbocycles. The van der Waals surface area contributed by atoms with Gasteiger partial charge in [0, 0.05) is 12.3 Å². The number of hydrogen-bond donors (Lipinski definition) is 1. The maximum absolute atomic E-state index is 11.1. The second-order valence-corrected chi connectivity index (χ2v) is 3.66. The normalized spacial score (nSPS) is 22.1. The van der Waals surface area contributed by atoms with E-state index >= 15 is 0 Å². The summed E-state index contributed by atoms with van der Waals surface area (Å²) in [5.74, 6) is -0.212. The van der Waals surface area contributed by atoms with Crippen LogP contribution in [-0.4, -0.2) is 11.8 Å². The van der Waals surface area contributed by atoms with Crippen LogP contribution >= 0.6 is 0 Å². The minimum Gasteiger partial charge on any atom is -0.296 e. The maximum Gasteiger partial charge on any atom is 0.230 e. The molecule has 0 aromatic heterocycles. The lowest BCUT2D eigenvalue weighted by molar-refractivity contribution is -0.125. The quantitative estimate of drug-likeness (QED) is 0.520. The van der Waals surface area contributed by atoms with Crippen LogP contribution in [0.1, 0.15) is 45.4 Å². The first kappa shape index (κ1) is 10.2. The summed E-state index contributed by atoms with van der Waals surface area (Å²) in [4.78, 5) is 21.9. The van der Waals surface area contributed by atoms with Crippen LogP contribution in [0.25, 0.3) is 0 Å². The van der Waals surface area contributed by atoms with Crippen molar-refractivity contribution in [3.63, 3.8) is 0 Å². The molecule has 1 rings (SSSR count). The first-order chi connectivity index (χ1) is 6.24. The molecular weight excluding hydrogens is 166 g/mol. The van der Waals surface area contributed by atoms with Gasteiger partial charge in [-0.1, -0.05) is 32.6 Å². The van der Waals surface area contributed by atoms with E-state index in [1.54, 1.807) is 0 Å². The van der Waals surface area contributed by atoms with Gasteiger partial charge in [-0.15, -0.1) is 0 Å². The highest BCUT2D eigenvalue weighted by atomic mass is 16.2. The highest BCUT2D eigenvalue weighted by Gasteiger charge is 2.29. The fourth-order valence-electron chi connectivity index (χ4n) is 1.66. The number of hydrogen-bond acceptors (Lipinski definition) is 2. The predicted octanol–water partition coefficient (Wildman–Crippen LogP) is 1.62. The summed E-state index contributed by atoms with van der Waals surface area (Å²) in [6.07, 6.45) is 5.95. The van der Waals surface area contributed by atoms with Crippen LogP contribution in [-0.2, 0) is 9.59 Å². The molecule has 1 aliphatic heterocycles. The highest BCUT2D eigenvalue weighted by molar-refractivity contribution is 6.03. The van der Waals surface area contributed by atoms with Crippen molar-refractivity contribution in [2.45, 2.75) is 45.4 Å². The van der Waals surface area contributed by atoms with Crippen LogP contribution in [0.15, 0.2) is 0 Å². The van der Waals surface area contributed by atoms with Gasteiger partial charge < -0.3 is 0 Å². The summed E-state index contributed by atoms with van der Waals surface area (Å²) in [5.41, 5.74) is 0. The minimum absolute atomic E-state index is 0.0376. The molecule has 1 aliphatic rings. The molecule has 0 bridgehead atoms. The summed E-state index contributed by atoms with van der Waals surface area (Å²) < 4.78 is 0. The van der Waals surface area contributed by atoms with E-state index in [4.69, 9.17) is 0 Å². The highest BCUT2D eigenvalue weighted by Crippen LogP contribution is 2.18. The Balaban J connectivity index is 2.14. The Kier molecular flexibility index (Phi) is 3.93. The zero-order valence-corrected chi connectivity index (χ0v) is 8.14. The van der Waals surface area contributed by atoms with Gasteiger partial charge in [0.05, 0.1) is 0 Å². The van der Waals surface area contributed by atoms with Gasteiger partial charge in [-0.3, -0.25) is 14.9 Å². The van der Waals surface area contributed by atoms with E-state index in [-0.39, 0.29) is 17.7 Å². The summed E-state index contributed by atoms with van der Waals surface area (Å²) >= 11 is 0. The molecule has 3 nitrogen and oxygen atoms in total. The molecular formula is C10H17NO2. The summed E-state index contributed by atoms with van der Waals surface area (Å²) in [6.45, 7) is 2.16. The van der Waals surface area contributed by atoms with E-state index in [9.17, 15) is 9.59 Å². The first-order valence-corrected chi connectivity index (χ1v) is 5.07. The predicted molar refractivity (Wildman–Crippen MR) is 50.0 cm³/mol. The van der Waals surface area contributed by atoms with Crippen molar-refractivity contribution in [3.8, 4) is 0 Å². The average molecular weight is 183 g/mol. The van der Waals surface area contributed by atoms with Gasteiger partial charge in [-0.25, -0.2) is 0 Å². The third kappa shape index (κ3) is 3.17. The van der Waals surface area contributed by atoms with E-state index in [2.05, 4.69) is 12.2 Å². The summed E-state index contributed by atoms with van der Waals surface area (Å²) in [5, 5.41) is 2.33. The largest absolute Gasteiger partial charge is 0.296 e. The number of amides is 2. The van der Waals surface area contributed by atoms with Crippen LogP contribution in [0.5, 0.6) is 0 Å². The zero-order chi connectivity index (χ0) is 9.68. The van der Waals surface area contributed by atoms with Gasteiger partial charge in [-0.05, 0) is 6.42 Å². The SMILES string of the molecule is CCCCCC[C@H]1CC(=O)NC1=O. The molecule has 1 atom stereocenters. The van der Waals surface area contributed by atoms with Crippen LogP contribution in [0.3, 0.4) is 0 Å². The molecule has 1 heterocycles. The summed E-state index contributed by atoms with van der Waals surface area (Å²) in [7, 11) is 0. The van der Waals surface area contributed by atoms with E-state index in [0.29, 0.717) is 6.42 Å². The number of nitrogens with one attached hydrogen (secondary N) is 1. The zero-order valence-electron chi connectivity index (χ0n) is 8.14. The monoisotopic (exact) mass is 183 g/mol. The average Bonchev–Trinajstić information content (AvgIpc) is 2.39. The minimum atomic E-state index is -0.106. The third-order valence-corrected chi connectivity index (χ3v) is 2.47. The number of carbonyl (C=O) groups is 2. The van der Waals surface area contributed by atoms with Crippen molar-refractivity contribution in [1.29, 1.82) is 0 Å². The lowest BCUT2D eigenvalue weighted by atomic mass is 9.99. The van der Waals surface area contributed by atoms with Crippen LogP contribution in [0, 0.1) is 5.92 Å². The Bertz CT molecular complexity index is 201. The third-order valence-electron chi connectivity index (χ3n) is 2.47. The fourth-order valence-corrected chi connectivity index (χ4v) is 1.66. The molecule has 0 unspecified atom stereocenters. The van der Waals surface area contributed by atoms with E-state index in [1.165, 1.54) is 19.3 Å². The Labute approximate surface area is 78.9 Å². The molecule has 1 N–H and O–H groups in total. The van der Waals surface area contributed by atoms with Crippen LogP contribution in [0.2, 0.25) is 0 Å². The molecule has 0 aliphatic carbocycles. The van der Waals surface area contributed by atoms with Crippen LogP contribution < -0.4 is 5.32 Å². The molecule has 0 saturated carbocycles. The van der Waals surface area contributed by atoms with Gasteiger partial charge in [0.1, 0.15) is 0 Å². The molecule has 3 heteroatoms. The molecule has 1 saturated heterocycles. The van der Waals surface area contributed by atoms with Crippen molar-refractivity contribution in [2.75, 3.05) is 0 Å². The Morgan fingerprint density at radius 3 is 2.62 bits per heavy atom. The Morgan fingerprint density at radius 1 is 1.31 bits per heavy atom. The second-order valence-electron chi connectivity index (χ2n) is 3.66. The van der Waals surface area contributed by atoms with Crippen molar-refractivity contribution in [1.82, 2.24) is 5.32 Å². The lowest BCUT2D eigenvalue weighted by Crippen LogP contribution is -2.21. The van der Waals surface area contributed by atoms with Gasteiger partial charge in [0.15, 0.2) is 0 Å². The van der Waals surface area contributed by atoms with Gasteiger partial charge in [0.25, 0.3) is 0 Å². The van der Waals surface area contributed by atoms with Crippen LogP contribution in [0.4, 0.5) is 0 Å². The Morgan fingerprint density at radius 2 is 2.08 bits per heavy atom. The maximum atomic E-state index is 11.1. The number of carbonyl (C=O) groups excluding carboxylic acids is 2. The molecule has 0 spiro atoms. The Hall–Kier alpha value is -0.860. The van der Waals surface area contributed by atoms with Crippen molar-refractivity contribution in [3.05, 3.63) is 0 Å². The van der Waals surface area contributed by atoms with E-state index in [1.807, 2.05) is 0 Å². The first-order valence-electron chi connectivity index (χ1n) is 5.07. The van der Waals surface area contributed by atoms with E-state index in [0.717, 1.165) is 12.8 Å². The van der Waals surface area contributed by atoms with Crippen molar-refractivity contribution >= 4 is 11.8 Å². The van der Waals surface area contributed by atoms with E-state index < -0.39 is 0 Å². The molecule has 2 amide bonds. The number of rotatable bonds is 5. The molecule has 0 radical (unpaired) electrons. The standard InChI is InChI=1S/C10H17NO2/c1-2-3-4-5-6-8-7-9(12)11-10(8)13/h8H,2-7H2,1H3,(H,11,12,13)/t8-/m0/s1. The van der Waals surface area contributed by atoms with Gasteiger partial charge in [-0.2, -0.15) is 0 Å². The molecule has 0 aromatic rings. The molecule has 13 heavy (non-hydrogen) atoms. The van der Waals surface area contributed by atoms with Crippen molar-refractivity contribution < 1.29 is 9.59 Å². The number of unbranched alkanes of at least 4 members (excludes halogenated alkanes) is 3. The fraction of sp³-hybridized carbons (Fsp3) is 0.800. The smallest absolute Gasteiger partial charge is 0.230 e. The molecule has 74 valence electrons. The topological polar surface area (TPSA) is 46.2 Å². The lowest BCUT2D eigenvalue weighted by Gasteiger charge is -2.03. The molecule has 1 fully saturated rings.